The van der Waals surface area contributed by atoms with Crippen molar-refractivity contribution >= 4 is 17.2 Å². The Hall–Kier alpha value is -2.74. The van der Waals surface area contributed by atoms with E-state index in [0.717, 1.165) is 41.4 Å². The van der Waals surface area contributed by atoms with Crippen molar-refractivity contribution in [1.82, 2.24) is 14.9 Å². The molecule has 8 heteroatoms. The third-order valence-corrected chi connectivity index (χ3v) is 6.27. The van der Waals surface area contributed by atoms with E-state index in [1.165, 1.54) is 17.4 Å². The molecular weight excluding hydrogens is 423 g/mol. The van der Waals surface area contributed by atoms with Crippen molar-refractivity contribution in [2.24, 2.45) is 0 Å². The Balaban J connectivity index is 1.50. The molecule has 0 radical (unpaired) electrons. The number of halogens is 3. The predicted octanol–water partition coefficient (Wildman–Crippen LogP) is 5.48. The Morgan fingerprint density at radius 3 is 2.74 bits per heavy atom. The largest absolute Gasteiger partial charge is 0.416 e. The number of benzene rings is 1. The highest BCUT2D eigenvalue weighted by atomic mass is 32.1. The number of alkyl halides is 3. The Morgan fingerprint density at radius 1 is 1.19 bits per heavy atom. The number of pyridine rings is 1. The van der Waals surface area contributed by atoms with Crippen LogP contribution in [0.15, 0.2) is 47.8 Å². The lowest BCUT2D eigenvalue weighted by molar-refractivity contribution is -0.137. The number of likely N-dealkylation sites (tertiary alicyclic amines) is 1. The third-order valence-electron chi connectivity index (χ3n) is 5.45. The van der Waals surface area contributed by atoms with Gasteiger partial charge in [0, 0.05) is 35.6 Å². The fraction of sp³-hybridized carbons (Fsp3) is 0.348. The van der Waals surface area contributed by atoms with Crippen LogP contribution in [0.4, 0.5) is 13.2 Å². The summed E-state index contributed by atoms with van der Waals surface area (Å²) in [4.78, 5) is 23.6. The molecule has 31 heavy (non-hydrogen) atoms. The maximum atomic E-state index is 13.1. The van der Waals surface area contributed by atoms with Crippen LogP contribution >= 0.6 is 11.3 Å². The van der Waals surface area contributed by atoms with Gasteiger partial charge in [0.05, 0.1) is 28.4 Å². The van der Waals surface area contributed by atoms with E-state index in [1.807, 2.05) is 29.3 Å². The van der Waals surface area contributed by atoms with Crippen LogP contribution in [-0.2, 0) is 17.4 Å². The van der Waals surface area contributed by atoms with Crippen LogP contribution < -0.4 is 0 Å². The molecule has 2 aromatic heterocycles. The van der Waals surface area contributed by atoms with E-state index in [9.17, 15) is 18.0 Å². The van der Waals surface area contributed by atoms with Gasteiger partial charge in [-0.3, -0.25) is 9.78 Å². The number of piperidine rings is 1. The van der Waals surface area contributed by atoms with Crippen LogP contribution in [0, 0.1) is 6.92 Å². The summed E-state index contributed by atoms with van der Waals surface area (Å²) in [5.74, 6) is 0.102. The smallest absolute Gasteiger partial charge is 0.342 e. The molecule has 0 unspecified atom stereocenters. The van der Waals surface area contributed by atoms with Crippen LogP contribution in [-0.4, -0.2) is 33.9 Å². The first-order valence-electron chi connectivity index (χ1n) is 10.1. The van der Waals surface area contributed by atoms with E-state index < -0.39 is 11.7 Å². The molecule has 4 nitrogen and oxygen atoms in total. The van der Waals surface area contributed by atoms with Gasteiger partial charge < -0.3 is 4.90 Å². The fourth-order valence-electron chi connectivity index (χ4n) is 3.90. The van der Waals surface area contributed by atoms with Gasteiger partial charge >= 0.3 is 6.18 Å². The Kier molecular flexibility index (Phi) is 6.09. The van der Waals surface area contributed by atoms with E-state index in [1.54, 1.807) is 12.1 Å². The van der Waals surface area contributed by atoms with Crippen LogP contribution in [0.3, 0.4) is 0 Å². The zero-order chi connectivity index (χ0) is 22.0. The van der Waals surface area contributed by atoms with Gasteiger partial charge in [0.15, 0.2) is 0 Å². The van der Waals surface area contributed by atoms with Gasteiger partial charge in [-0.15, -0.1) is 11.3 Å². The van der Waals surface area contributed by atoms with Gasteiger partial charge in [-0.1, -0.05) is 18.2 Å². The summed E-state index contributed by atoms with van der Waals surface area (Å²) < 4.78 is 39.2. The molecule has 0 aliphatic carbocycles. The van der Waals surface area contributed by atoms with Crippen LogP contribution in [0.25, 0.3) is 11.3 Å². The molecule has 0 saturated carbocycles. The molecule has 3 aromatic rings. The number of amides is 1. The first-order chi connectivity index (χ1) is 14.8. The summed E-state index contributed by atoms with van der Waals surface area (Å²) in [5, 5.41) is 2.85. The third kappa shape index (κ3) is 5.12. The minimum Gasteiger partial charge on any atom is -0.342 e. The number of nitrogens with zero attached hydrogens (tertiary/aromatic N) is 3. The Morgan fingerprint density at radius 2 is 2.00 bits per heavy atom. The van der Waals surface area contributed by atoms with E-state index in [2.05, 4.69) is 9.97 Å². The molecule has 1 aliphatic rings. The van der Waals surface area contributed by atoms with Crippen molar-refractivity contribution in [3.63, 3.8) is 0 Å². The molecule has 4 rings (SSSR count). The van der Waals surface area contributed by atoms with E-state index in [0.29, 0.717) is 24.3 Å². The maximum Gasteiger partial charge on any atom is 0.416 e. The van der Waals surface area contributed by atoms with Gasteiger partial charge in [0.2, 0.25) is 5.91 Å². The number of carbonyl (C=O) groups is 1. The van der Waals surface area contributed by atoms with Crippen molar-refractivity contribution in [2.45, 2.75) is 38.3 Å². The number of rotatable bonds is 4. The van der Waals surface area contributed by atoms with E-state index in [4.69, 9.17) is 0 Å². The zero-order valence-corrected chi connectivity index (χ0v) is 17.8. The summed E-state index contributed by atoms with van der Waals surface area (Å²) in [6.45, 7) is 3.17. The molecule has 1 saturated heterocycles. The maximum absolute atomic E-state index is 13.1. The predicted molar refractivity (Wildman–Crippen MR) is 114 cm³/mol. The molecule has 1 fully saturated rings. The molecule has 0 bridgehead atoms. The summed E-state index contributed by atoms with van der Waals surface area (Å²) in [6, 6.07) is 10.6. The first-order valence-corrected chi connectivity index (χ1v) is 11.0. The molecule has 0 N–H and O–H groups in total. The number of aryl methyl sites for hydroxylation is 1. The Bertz CT molecular complexity index is 1080. The van der Waals surface area contributed by atoms with Crippen molar-refractivity contribution < 1.29 is 18.0 Å². The van der Waals surface area contributed by atoms with Crippen molar-refractivity contribution in [3.05, 3.63) is 69.8 Å². The highest BCUT2D eigenvalue weighted by molar-refractivity contribution is 7.09. The standard InChI is InChI=1S/C23H22F3N3OS/c1-15-27-19(14-31-15)12-22(30)29-10-4-6-17(13-29)21-9-3-8-20(28-21)16-5-2-7-18(11-16)23(24,25)26/h2-3,5,7-9,11,14,17H,4,6,10,12-13H2,1H3/t17-/m0/s1. The van der Waals surface area contributed by atoms with E-state index >= 15 is 0 Å². The SMILES string of the molecule is Cc1nc(CC(=O)N2CCC[C@H](c3cccc(-c4cccc(C(F)(F)F)c4)n3)C2)cs1. The number of hydrogen-bond acceptors (Lipinski definition) is 4. The minimum absolute atomic E-state index is 0.0454. The molecule has 0 spiro atoms. The zero-order valence-electron chi connectivity index (χ0n) is 17.0. The van der Waals surface area contributed by atoms with Gasteiger partial charge in [-0.2, -0.15) is 13.2 Å². The topological polar surface area (TPSA) is 46.1 Å². The van der Waals surface area contributed by atoms with Crippen LogP contribution in [0.1, 0.15) is 40.7 Å². The normalized spacial score (nSPS) is 17.0. The lowest BCUT2D eigenvalue weighted by Crippen LogP contribution is -2.40. The molecule has 162 valence electrons. The lowest BCUT2D eigenvalue weighted by Gasteiger charge is -2.32. The van der Waals surface area contributed by atoms with Crippen LogP contribution in [0.5, 0.6) is 0 Å². The summed E-state index contributed by atoms with van der Waals surface area (Å²) in [5.41, 5.74) is 1.84. The second kappa shape index (κ2) is 8.78. The highest BCUT2D eigenvalue weighted by Crippen LogP contribution is 2.33. The van der Waals surface area contributed by atoms with Crippen molar-refractivity contribution in [1.29, 1.82) is 0 Å². The van der Waals surface area contributed by atoms with Gasteiger partial charge in [0.25, 0.3) is 0 Å². The number of thiazole rings is 1. The summed E-state index contributed by atoms with van der Waals surface area (Å²) in [6.07, 6.45) is -2.36. The monoisotopic (exact) mass is 445 g/mol. The van der Waals surface area contributed by atoms with Crippen molar-refractivity contribution in [2.75, 3.05) is 13.1 Å². The molecule has 1 amide bonds. The lowest BCUT2D eigenvalue weighted by atomic mass is 9.93. The summed E-state index contributed by atoms with van der Waals surface area (Å²) in [7, 11) is 0. The highest BCUT2D eigenvalue weighted by Gasteiger charge is 2.31. The molecule has 1 aromatic carbocycles. The van der Waals surface area contributed by atoms with Crippen molar-refractivity contribution in [3.8, 4) is 11.3 Å². The number of carbonyl (C=O) groups excluding carboxylic acids is 1. The molecular formula is C23H22F3N3OS. The van der Waals surface area contributed by atoms with E-state index in [-0.39, 0.29) is 18.2 Å². The van der Waals surface area contributed by atoms with Gasteiger partial charge in [0.1, 0.15) is 0 Å². The molecule has 3 heterocycles. The molecule has 1 atom stereocenters. The number of hydrogen-bond donors (Lipinski definition) is 0. The molecule has 1 aliphatic heterocycles. The number of aromatic nitrogens is 2. The second-order valence-corrected chi connectivity index (χ2v) is 8.80. The average molecular weight is 446 g/mol. The summed E-state index contributed by atoms with van der Waals surface area (Å²) >= 11 is 1.53. The quantitative estimate of drug-likeness (QED) is 0.534. The van der Waals surface area contributed by atoms with Gasteiger partial charge in [-0.25, -0.2) is 4.98 Å². The Labute approximate surface area is 182 Å². The fourth-order valence-corrected chi connectivity index (χ4v) is 4.51. The van der Waals surface area contributed by atoms with Crippen LogP contribution in [0.2, 0.25) is 0 Å². The first kappa shape index (κ1) is 21.5. The minimum atomic E-state index is -4.40. The second-order valence-electron chi connectivity index (χ2n) is 7.74. The average Bonchev–Trinajstić information content (AvgIpc) is 3.18. The van der Waals surface area contributed by atoms with Gasteiger partial charge in [-0.05, 0) is 44.0 Å².